The van der Waals surface area contributed by atoms with Crippen LogP contribution >= 0.6 is 0 Å². The fraction of sp³-hybridized carbons (Fsp3) is 0.647. The maximum absolute atomic E-state index is 3.47. The highest BCUT2D eigenvalue weighted by atomic mass is 15.3. The lowest BCUT2D eigenvalue weighted by atomic mass is 9.97. The van der Waals surface area contributed by atoms with Gasteiger partial charge in [0.05, 0.1) is 0 Å². The first kappa shape index (κ1) is 14.1. The molecule has 2 heterocycles. The molecule has 0 atom stereocenters. The lowest BCUT2D eigenvalue weighted by Gasteiger charge is -2.45. The Morgan fingerprint density at radius 1 is 1.20 bits per heavy atom. The highest BCUT2D eigenvalue weighted by molar-refractivity contribution is 5.33. The Balaban J connectivity index is 1.69. The van der Waals surface area contributed by atoms with Gasteiger partial charge in [-0.3, -0.25) is 9.80 Å². The molecule has 0 unspecified atom stereocenters. The average Bonchev–Trinajstić information content (AvgIpc) is 2.42. The van der Waals surface area contributed by atoms with Gasteiger partial charge in [0.15, 0.2) is 0 Å². The van der Waals surface area contributed by atoms with Gasteiger partial charge in [0, 0.05) is 38.3 Å². The van der Waals surface area contributed by atoms with Crippen LogP contribution in [0.15, 0.2) is 18.2 Å². The molecule has 1 aromatic rings. The number of piperazine rings is 1. The van der Waals surface area contributed by atoms with Crippen LogP contribution in [0.5, 0.6) is 0 Å². The third-order valence-corrected chi connectivity index (χ3v) is 4.96. The molecule has 1 N–H and O–H groups in total. The lowest BCUT2D eigenvalue weighted by molar-refractivity contribution is 0.0360. The van der Waals surface area contributed by atoms with Gasteiger partial charge in [0.25, 0.3) is 0 Å². The molecule has 3 nitrogen and oxygen atoms in total. The predicted molar refractivity (Wildman–Crippen MR) is 83.8 cm³/mol. The Labute approximate surface area is 123 Å². The maximum Gasteiger partial charge on any atom is 0.0277 e. The van der Waals surface area contributed by atoms with Crippen LogP contribution in [0.2, 0.25) is 0 Å². The van der Waals surface area contributed by atoms with E-state index < -0.39 is 0 Å². The number of likely N-dealkylation sites (N-methyl/N-ethyl adjacent to an activating group) is 1. The summed E-state index contributed by atoms with van der Waals surface area (Å²) in [6.07, 6.45) is 1.18. The van der Waals surface area contributed by atoms with Crippen molar-refractivity contribution >= 4 is 0 Å². The van der Waals surface area contributed by atoms with Crippen LogP contribution in [0.1, 0.15) is 30.5 Å². The van der Waals surface area contributed by atoms with Gasteiger partial charge in [0.2, 0.25) is 0 Å². The number of fused-ring (bicyclic) bond motifs is 1. The SMILES string of the molecule is CN1CCN(Cc2ccc3c(c2)CNCC3)CC1(C)C. The fourth-order valence-corrected chi connectivity index (χ4v) is 3.37. The normalized spacial score (nSPS) is 23.6. The summed E-state index contributed by atoms with van der Waals surface area (Å²) >= 11 is 0. The molecule has 0 spiro atoms. The minimum atomic E-state index is 0.286. The van der Waals surface area contributed by atoms with E-state index in [1.165, 1.54) is 36.2 Å². The predicted octanol–water partition coefficient (Wildman–Crippen LogP) is 1.86. The topological polar surface area (TPSA) is 18.5 Å². The zero-order chi connectivity index (χ0) is 14.2. The van der Waals surface area contributed by atoms with Gasteiger partial charge in [0.1, 0.15) is 0 Å². The summed E-state index contributed by atoms with van der Waals surface area (Å²) in [5.74, 6) is 0. The summed E-state index contributed by atoms with van der Waals surface area (Å²) in [7, 11) is 2.24. The molecule has 2 aliphatic rings. The third-order valence-electron chi connectivity index (χ3n) is 4.96. The first-order chi connectivity index (χ1) is 9.54. The van der Waals surface area contributed by atoms with Gasteiger partial charge in [-0.1, -0.05) is 18.2 Å². The van der Waals surface area contributed by atoms with Crippen molar-refractivity contribution in [1.29, 1.82) is 0 Å². The number of rotatable bonds is 2. The van der Waals surface area contributed by atoms with E-state index in [0.717, 1.165) is 26.2 Å². The highest BCUT2D eigenvalue weighted by Crippen LogP contribution is 2.22. The van der Waals surface area contributed by atoms with Gasteiger partial charge in [-0.25, -0.2) is 0 Å². The van der Waals surface area contributed by atoms with Crippen molar-refractivity contribution in [3.63, 3.8) is 0 Å². The fourth-order valence-electron chi connectivity index (χ4n) is 3.37. The second-order valence-corrected chi connectivity index (χ2v) is 6.97. The molecule has 0 amide bonds. The Kier molecular flexibility index (Phi) is 3.85. The van der Waals surface area contributed by atoms with Crippen molar-refractivity contribution in [2.24, 2.45) is 0 Å². The maximum atomic E-state index is 3.47. The number of benzene rings is 1. The number of nitrogens with zero attached hydrogens (tertiary/aromatic N) is 2. The zero-order valence-electron chi connectivity index (χ0n) is 13.1. The zero-order valence-corrected chi connectivity index (χ0v) is 13.1. The van der Waals surface area contributed by atoms with E-state index in [1.54, 1.807) is 0 Å². The Bertz CT molecular complexity index is 481. The standard InChI is InChI=1S/C17H27N3/c1-17(2)13-20(9-8-19(17)3)12-14-4-5-15-6-7-18-11-16(15)10-14/h4-5,10,18H,6-9,11-13H2,1-3H3. The molecule has 20 heavy (non-hydrogen) atoms. The molecule has 1 fully saturated rings. The van der Waals surface area contributed by atoms with E-state index in [1.807, 2.05) is 0 Å². The summed E-state index contributed by atoms with van der Waals surface area (Å²) in [6.45, 7) is 11.4. The largest absolute Gasteiger partial charge is 0.312 e. The Hall–Kier alpha value is -0.900. The van der Waals surface area contributed by atoms with Crippen molar-refractivity contribution < 1.29 is 0 Å². The van der Waals surface area contributed by atoms with Crippen LogP contribution < -0.4 is 5.32 Å². The summed E-state index contributed by atoms with van der Waals surface area (Å²) in [4.78, 5) is 5.07. The highest BCUT2D eigenvalue weighted by Gasteiger charge is 2.30. The van der Waals surface area contributed by atoms with Crippen LogP contribution in [-0.2, 0) is 19.5 Å². The van der Waals surface area contributed by atoms with E-state index in [9.17, 15) is 0 Å². The smallest absolute Gasteiger partial charge is 0.0277 e. The van der Waals surface area contributed by atoms with Crippen LogP contribution in [0.25, 0.3) is 0 Å². The van der Waals surface area contributed by atoms with E-state index >= 15 is 0 Å². The van der Waals surface area contributed by atoms with Gasteiger partial charge < -0.3 is 5.32 Å². The summed E-state index contributed by atoms with van der Waals surface area (Å²) in [5, 5.41) is 3.47. The monoisotopic (exact) mass is 273 g/mol. The number of hydrogen-bond donors (Lipinski definition) is 1. The summed E-state index contributed by atoms with van der Waals surface area (Å²) < 4.78 is 0. The number of nitrogens with one attached hydrogen (secondary N) is 1. The van der Waals surface area contributed by atoms with E-state index in [4.69, 9.17) is 0 Å². The van der Waals surface area contributed by atoms with Crippen LogP contribution in [0, 0.1) is 0 Å². The van der Waals surface area contributed by atoms with Gasteiger partial charge >= 0.3 is 0 Å². The molecule has 3 heteroatoms. The molecule has 110 valence electrons. The molecule has 0 bridgehead atoms. The van der Waals surface area contributed by atoms with E-state index in [2.05, 4.69) is 54.2 Å². The Morgan fingerprint density at radius 3 is 2.85 bits per heavy atom. The third kappa shape index (κ3) is 2.90. The first-order valence-electron chi connectivity index (χ1n) is 7.80. The molecule has 0 radical (unpaired) electrons. The molecular formula is C17H27N3. The molecule has 0 aliphatic carbocycles. The molecule has 0 aromatic heterocycles. The minimum Gasteiger partial charge on any atom is -0.312 e. The first-order valence-corrected chi connectivity index (χ1v) is 7.80. The Morgan fingerprint density at radius 2 is 2.05 bits per heavy atom. The van der Waals surface area contributed by atoms with Gasteiger partial charge in [-0.15, -0.1) is 0 Å². The molecular weight excluding hydrogens is 246 g/mol. The molecule has 2 aliphatic heterocycles. The molecule has 1 saturated heterocycles. The molecule has 3 rings (SSSR count). The van der Waals surface area contributed by atoms with Gasteiger partial charge in [-0.2, -0.15) is 0 Å². The second kappa shape index (κ2) is 5.47. The van der Waals surface area contributed by atoms with Crippen LogP contribution in [0.3, 0.4) is 0 Å². The van der Waals surface area contributed by atoms with Crippen molar-refractivity contribution in [3.05, 3.63) is 34.9 Å². The summed E-state index contributed by atoms with van der Waals surface area (Å²) in [6, 6.07) is 7.08. The van der Waals surface area contributed by atoms with Crippen molar-refractivity contribution in [2.75, 3.05) is 33.2 Å². The quantitative estimate of drug-likeness (QED) is 0.887. The van der Waals surface area contributed by atoms with Crippen LogP contribution in [0.4, 0.5) is 0 Å². The van der Waals surface area contributed by atoms with Crippen molar-refractivity contribution in [1.82, 2.24) is 15.1 Å². The van der Waals surface area contributed by atoms with Crippen molar-refractivity contribution in [3.8, 4) is 0 Å². The van der Waals surface area contributed by atoms with Gasteiger partial charge in [-0.05, 0) is 50.6 Å². The van der Waals surface area contributed by atoms with E-state index in [0.29, 0.717) is 0 Å². The number of hydrogen-bond acceptors (Lipinski definition) is 3. The average molecular weight is 273 g/mol. The minimum absolute atomic E-state index is 0.286. The van der Waals surface area contributed by atoms with E-state index in [-0.39, 0.29) is 5.54 Å². The van der Waals surface area contributed by atoms with Crippen molar-refractivity contribution in [2.45, 2.75) is 38.9 Å². The summed E-state index contributed by atoms with van der Waals surface area (Å²) in [5.41, 5.74) is 4.79. The molecule has 1 aromatic carbocycles. The molecule has 0 saturated carbocycles. The second-order valence-electron chi connectivity index (χ2n) is 6.97. The lowest BCUT2D eigenvalue weighted by Crippen LogP contribution is -2.57. The van der Waals surface area contributed by atoms with Crippen LogP contribution in [-0.4, -0.2) is 48.6 Å².